The maximum absolute atomic E-state index is 12.9. The molecule has 26 heavy (non-hydrogen) atoms. The van der Waals surface area contributed by atoms with Gasteiger partial charge in [0.05, 0.1) is 11.0 Å². The van der Waals surface area contributed by atoms with Crippen molar-refractivity contribution in [1.29, 1.82) is 0 Å². The number of rotatable bonds is 5. The van der Waals surface area contributed by atoms with E-state index in [2.05, 4.69) is 4.90 Å². The van der Waals surface area contributed by atoms with Gasteiger partial charge in [-0.1, -0.05) is 36.4 Å². The molecule has 1 heterocycles. The summed E-state index contributed by atoms with van der Waals surface area (Å²) < 4.78 is 27.3. The average Bonchev–Trinajstić information content (AvgIpc) is 2.65. The van der Waals surface area contributed by atoms with Crippen molar-refractivity contribution in [2.24, 2.45) is 0 Å². The maximum atomic E-state index is 12.9. The van der Waals surface area contributed by atoms with Gasteiger partial charge < -0.3 is 5.11 Å². The van der Waals surface area contributed by atoms with Crippen molar-refractivity contribution in [3.63, 3.8) is 0 Å². The predicted octanol–water partition coefficient (Wildman–Crippen LogP) is 2.34. The summed E-state index contributed by atoms with van der Waals surface area (Å²) in [5.74, 6) is 0. The molecule has 0 saturated carbocycles. The second-order valence-corrected chi connectivity index (χ2v) is 8.82. The molecule has 2 aromatic carbocycles. The molecular formula is C20H26N2O3S. The minimum Gasteiger partial charge on any atom is -0.387 e. The molecule has 0 bridgehead atoms. The van der Waals surface area contributed by atoms with Crippen molar-refractivity contribution in [3.05, 3.63) is 65.2 Å². The predicted molar refractivity (Wildman–Crippen MR) is 103 cm³/mol. The number of aryl methyl sites for hydroxylation is 2. The minimum atomic E-state index is -3.46. The van der Waals surface area contributed by atoms with Crippen molar-refractivity contribution in [2.75, 3.05) is 32.7 Å². The summed E-state index contributed by atoms with van der Waals surface area (Å²) >= 11 is 0. The number of hydrogen-bond acceptors (Lipinski definition) is 4. The highest BCUT2D eigenvalue weighted by molar-refractivity contribution is 7.89. The van der Waals surface area contributed by atoms with Gasteiger partial charge in [0.1, 0.15) is 0 Å². The van der Waals surface area contributed by atoms with E-state index in [0.717, 1.165) is 16.7 Å². The van der Waals surface area contributed by atoms with Crippen LogP contribution < -0.4 is 0 Å². The zero-order valence-corrected chi connectivity index (χ0v) is 16.1. The van der Waals surface area contributed by atoms with E-state index in [4.69, 9.17) is 0 Å². The van der Waals surface area contributed by atoms with Gasteiger partial charge in [0.2, 0.25) is 10.0 Å². The summed E-state index contributed by atoms with van der Waals surface area (Å²) in [4.78, 5) is 2.47. The smallest absolute Gasteiger partial charge is 0.243 e. The number of aliphatic hydroxyl groups excluding tert-OH is 1. The van der Waals surface area contributed by atoms with Gasteiger partial charge in [-0.3, -0.25) is 4.90 Å². The summed E-state index contributed by atoms with van der Waals surface area (Å²) in [7, 11) is -3.46. The molecule has 0 aliphatic carbocycles. The van der Waals surface area contributed by atoms with Gasteiger partial charge in [-0.15, -0.1) is 0 Å². The van der Waals surface area contributed by atoms with E-state index in [-0.39, 0.29) is 0 Å². The van der Waals surface area contributed by atoms with Crippen molar-refractivity contribution in [1.82, 2.24) is 9.21 Å². The van der Waals surface area contributed by atoms with Crippen LogP contribution in [-0.2, 0) is 10.0 Å². The van der Waals surface area contributed by atoms with E-state index in [0.29, 0.717) is 37.6 Å². The van der Waals surface area contributed by atoms with Crippen LogP contribution in [-0.4, -0.2) is 55.5 Å². The molecule has 140 valence electrons. The molecule has 0 amide bonds. The molecule has 0 aromatic heterocycles. The number of β-amino-alcohol motifs (C(OH)–C–C–N with tert-alkyl or cyclic N) is 1. The third kappa shape index (κ3) is 4.15. The Kier molecular flexibility index (Phi) is 5.77. The lowest BCUT2D eigenvalue weighted by molar-refractivity contribution is 0.0921. The number of hydrogen-bond donors (Lipinski definition) is 1. The SMILES string of the molecule is Cc1ccc(S(=O)(=O)N2CCN(C[C@H](O)c3ccccc3)CC2)cc1C. The van der Waals surface area contributed by atoms with Gasteiger partial charge in [-0.25, -0.2) is 8.42 Å². The Bertz CT molecular complexity index is 845. The molecule has 1 aliphatic heterocycles. The molecule has 5 nitrogen and oxygen atoms in total. The van der Waals surface area contributed by atoms with Crippen molar-refractivity contribution >= 4 is 10.0 Å². The fourth-order valence-electron chi connectivity index (χ4n) is 3.20. The van der Waals surface area contributed by atoms with E-state index in [1.807, 2.05) is 50.2 Å². The normalized spacial score (nSPS) is 18.0. The van der Waals surface area contributed by atoms with Crippen LogP contribution >= 0.6 is 0 Å². The summed E-state index contributed by atoms with van der Waals surface area (Å²) in [5, 5.41) is 10.4. The van der Waals surface area contributed by atoms with Crippen LogP contribution in [0.3, 0.4) is 0 Å². The highest BCUT2D eigenvalue weighted by atomic mass is 32.2. The van der Waals surface area contributed by atoms with Crippen LogP contribution in [0, 0.1) is 13.8 Å². The van der Waals surface area contributed by atoms with E-state index >= 15 is 0 Å². The Hall–Kier alpha value is -1.73. The molecule has 1 aliphatic rings. The van der Waals surface area contributed by atoms with Crippen LogP contribution in [0.5, 0.6) is 0 Å². The number of sulfonamides is 1. The third-order valence-electron chi connectivity index (χ3n) is 5.06. The summed E-state index contributed by atoms with van der Waals surface area (Å²) in [6.45, 7) is 6.54. The topological polar surface area (TPSA) is 60.9 Å². The monoisotopic (exact) mass is 374 g/mol. The molecule has 1 saturated heterocycles. The lowest BCUT2D eigenvalue weighted by atomic mass is 10.1. The Morgan fingerprint density at radius 1 is 0.962 bits per heavy atom. The van der Waals surface area contributed by atoms with E-state index < -0.39 is 16.1 Å². The van der Waals surface area contributed by atoms with Crippen molar-refractivity contribution in [2.45, 2.75) is 24.8 Å². The highest BCUT2D eigenvalue weighted by Crippen LogP contribution is 2.21. The molecule has 0 unspecified atom stereocenters. The second-order valence-electron chi connectivity index (χ2n) is 6.88. The Labute approximate surface area is 155 Å². The third-order valence-corrected chi connectivity index (χ3v) is 6.96. The zero-order chi connectivity index (χ0) is 18.7. The molecule has 6 heteroatoms. The van der Waals surface area contributed by atoms with Gasteiger partial charge >= 0.3 is 0 Å². The summed E-state index contributed by atoms with van der Waals surface area (Å²) in [6.07, 6.45) is -0.556. The molecule has 1 atom stereocenters. The van der Waals surface area contributed by atoms with Gasteiger partial charge in [0.15, 0.2) is 0 Å². The number of nitrogens with zero attached hydrogens (tertiary/aromatic N) is 2. The number of benzene rings is 2. The van der Waals surface area contributed by atoms with E-state index in [1.54, 1.807) is 16.4 Å². The summed E-state index contributed by atoms with van der Waals surface area (Å²) in [5.41, 5.74) is 2.96. The van der Waals surface area contributed by atoms with E-state index in [1.165, 1.54) is 0 Å². The van der Waals surface area contributed by atoms with Crippen LogP contribution in [0.4, 0.5) is 0 Å². The quantitative estimate of drug-likeness (QED) is 0.873. The van der Waals surface area contributed by atoms with Crippen molar-refractivity contribution < 1.29 is 13.5 Å². The zero-order valence-electron chi connectivity index (χ0n) is 15.3. The highest BCUT2D eigenvalue weighted by Gasteiger charge is 2.29. The first-order valence-electron chi connectivity index (χ1n) is 8.91. The first kappa shape index (κ1) is 19.0. The first-order valence-corrected chi connectivity index (χ1v) is 10.3. The largest absolute Gasteiger partial charge is 0.387 e. The molecule has 1 fully saturated rings. The molecule has 3 rings (SSSR count). The van der Waals surface area contributed by atoms with Crippen LogP contribution in [0.1, 0.15) is 22.8 Å². The molecule has 0 radical (unpaired) electrons. The van der Waals surface area contributed by atoms with Crippen LogP contribution in [0.2, 0.25) is 0 Å². The molecule has 2 aromatic rings. The number of aliphatic hydroxyl groups is 1. The fraction of sp³-hybridized carbons (Fsp3) is 0.400. The van der Waals surface area contributed by atoms with Gasteiger partial charge in [0, 0.05) is 32.7 Å². The Morgan fingerprint density at radius 2 is 1.62 bits per heavy atom. The van der Waals surface area contributed by atoms with Gasteiger partial charge in [-0.2, -0.15) is 4.31 Å². The lowest BCUT2D eigenvalue weighted by Gasteiger charge is -2.35. The lowest BCUT2D eigenvalue weighted by Crippen LogP contribution is -2.49. The molecule has 0 spiro atoms. The van der Waals surface area contributed by atoms with Gasteiger partial charge in [-0.05, 0) is 42.7 Å². The number of piperazine rings is 1. The Morgan fingerprint density at radius 3 is 2.23 bits per heavy atom. The van der Waals surface area contributed by atoms with Crippen LogP contribution in [0.25, 0.3) is 0 Å². The first-order chi connectivity index (χ1) is 12.4. The minimum absolute atomic E-state index is 0.360. The Balaban J connectivity index is 1.61. The average molecular weight is 375 g/mol. The van der Waals surface area contributed by atoms with E-state index in [9.17, 15) is 13.5 Å². The molecule has 1 N–H and O–H groups in total. The molecular weight excluding hydrogens is 348 g/mol. The summed E-state index contributed by atoms with van der Waals surface area (Å²) in [6, 6.07) is 14.8. The van der Waals surface area contributed by atoms with Gasteiger partial charge in [0.25, 0.3) is 0 Å². The maximum Gasteiger partial charge on any atom is 0.243 e. The van der Waals surface area contributed by atoms with Crippen molar-refractivity contribution in [3.8, 4) is 0 Å². The second kappa shape index (κ2) is 7.88. The fourth-order valence-corrected chi connectivity index (χ4v) is 4.71. The van der Waals surface area contributed by atoms with Crippen LogP contribution in [0.15, 0.2) is 53.4 Å². The standard InChI is InChI=1S/C20H26N2O3S/c1-16-8-9-19(14-17(16)2)26(24,25)22-12-10-21(11-13-22)15-20(23)18-6-4-3-5-7-18/h3-9,14,20,23H,10-13,15H2,1-2H3/t20-/m0/s1.